The van der Waals surface area contributed by atoms with Gasteiger partial charge in [0, 0.05) is 38.2 Å². The Balaban J connectivity index is 1.86. The highest BCUT2D eigenvalue weighted by Gasteiger charge is 2.21. The van der Waals surface area contributed by atoms with E-state index in [1.807, 2.05) is 0 Å². The van der Waals surface area contributed by atoms with Crippen molar-refractivity contribution in [3.05, 3.63) is 11.3 Å². The van der Waals surface area contributed by atoms with E-state index in [1.165, 1.54) is 0 Å². The van der Waals surface area contributed by atoms with Crippen LogP contribution in [0.5, 0.6) is 0 Å². The van der Waals surface area contributed by atoms with E-state index in [-0.39, 0.29) is 0 Å². The Bertz CT molecular complexity index is 442. The van der Waals surface area contributed by atoms with Crippen LogP contribution < -0.4 is 10.6 Å². The second-order valence-corrected chi connectivity index (χ2v) is 4.93. The van der Waals surface area contributed by atoms with Gasteiger partial charge >= 0.3 is 0 Å². The van der Waals surface area contributed by atoms with Gasteiger partial charge in [-0.1, -0.05) is 0 Å². The monoisotopic (exact) mass is 249 g/mol. The molecule has 0 bridgehead atoms. The Morgan fingerprint density at radius 3 is 2.72 bits per heavy atom. The first-order chi connectivity index (χ1) is 8.74. The third-order valence-electron chi connectivity index (χ3n) is 3.63. The lowest BCUT2D eigenvalue weighted by molar-refractivity contribution is 0.109. The molecule has 6 nitrogen and oxygen atoms in total. The molecule has 1 aromatic heterocycles. The van der Waals surface area contributed by atoms with Crippen LogP contribution in [0.4, 0.5) is 11.8 Å². The summed E-state index contributed by atoms with van der Waals surface area (Å²) in [7, 11) is 2.14. The Morgan fingerprint density at radius 1 is 1.17 bits per heavy atom. The lowest BCUT2D eigenvalue weighted by atomic mass is 10.1. The number of aromatic nitrogens is 2. The van der Waals surface area contributed by atoms with Gasteiger partial charge in [0.2, 0.25) is 5.95 Å². The van der Waals surface area contributed by atoms with E-state index in [9.17, 15) is 0 Å². The maximum absolute atomic E-state index is 6.01. The number of hydrogen-bond donors (Lipinski definition) is 1. The summed E-state index contributed by atoms with van der Waals surface area (Å²) in [5, 5.41) is 0. The minimum Gasteiger partial charge on any atom is -0.383 e. The van der Waals surface area contributed by atoms with Crippen molar-refractivity contribution in [2.24, 2.45) is 0 Å². The maximum atomic E-state index is 6.01. The van der Waals surface area contributed by atoms with Crippen LogP contribution in [0.25, 0.3) is 0 Å². The predicted molar refractivity (Wildman–Crippen MR) is 69.5 cm³/mol. The quantitative estimate of drug-likeness (QED) is 0.748. The van der Waals surface area contributed by atoms with E-state index in [4.69, 9.17) is 10.5 Å². The molecular weight excluding hydrogens is 230 g/mol. The molecule has 0 aliphatic carbocycles. The van der Waals surface area contributed by atoms with Crippen LogP contribution in [0.3, 0.4) is 0 Å². The van der Waals surface area contributed by atoms with Crippen molar-refractivity contribution in [2.75, 3.05) is 50.5 Å². The number of nitrogens with zero attached hydrogens (tertiary/aromatic N) is 4. The third-order valence-corrected chi connectivity index (χ3v) is 3.63. The molecule has 0 radical (unpaired) electrons. The zero-order valence-electron chi connectivity index (χ0n) is 10.7. The largest absolute Gasteiger partial charge is 0.383 e. The van der Waals surface area contributed by atoms with Crippen LogP contribution in [0, 0.1) is 0 Å². The normalized spacial score (nSPS) is 20.8. The first-order valence-corrected chi connectivity index (χ1v) is 6.40. The molecule has 2 aliphatic rings. The van der Waals surface area contributed by atoms with Crippen LogP contribution in [-0.4, -0.2) is 54.7 Å². The molecule has 6 heteroatoms. The minimum absolute atomic E-state index is 0.546. The van der Waals surface area contributed by atoms with Crippen molar-refractivity contribution in [2.45, 2.75) is 13.0 Å². The molecule has 0 unspecified atom stereocenters. The molecule has 0 spiro atoms. The number of nitrogen functional groups attached to an aromatic ring is 1. The summed E-state index contributed by atoms with van der Waals surface area (Å²) >= 11 is 0. The Hall–Kier alpha value is -1.40. The van der Waals surface area contributed by atoms with Crippen molar-refractivity contribution < 1.29 is 4.74 Å². The first kappa shape index (κ1) is 11.7. The molecule has 1 aromatic rings. The van der Waals surface area contributed by atoms with Crippen molar-refractivity contribution in [1.29, 1.82) is 0 Å². The number of fused-ring (bicyclic) bond motifs is 1. The number of anilines is 2. The number of ether oxygens (including phenoxy) is 1. The Kier molecular flexibility index (Phi) is 3.05. The fourth-order valence-electron chi connectivity index (χ4n) is 2.39. The molecule has 0 saturated carbocycles. The van der Waals surface area contributed by atoms with E-state index in [0.29, 0.717) is 12.4 Å². The molecule has 3 rings (SSSR count). The molecule has 98 valence electrons. The first-order valence-electron chi connectivity index (χ1n) is 6.40. The van der Waals surface area contributed by atoms with Crippen LogP contribution in [0.1, 0.15) is 11.3 Å². The SMILES string of the molecule is CN1CCN(c2nc(N)c3c(n2)CCOC3)CC1. The van der Waals surface area contributed by atoms with Crippen LogP contribution in [0.15, 0.2) is 0 Å². The summed E-state index contributed by atoms with van der Waals surface area (Å²) in [5.74, 6) is 1.36. The van der Waals surface area contributed by atoms with E-state index < -0.39 is 0 Å². The highest BCUT2D eigenvalue weighted by atomic mass is 16.5. The van der Waals surface area contributed by atoms with Gasteiger partial charge in [0.05, 0.1) is 18.9 Å². The van der Waals surface area contributed by atoms with Gasteiger partial charge < -0.3 is 20.3 Å². The average molecular weight is 249 g/mol. The van der Waals surface area contributed by atoms with Gasteiger partial charge in [-0.2, -0.15) is 4.98 Å². The van der Waals surface area contributed by atoms with Crippen molar-refractivity contribution in [3.8, 4) is 0 Å². The number of piperazine rings is 1. The fourth-order valence-corrected chi connectivity index (χ4v) is 2.39. The number of nitrogens with two attached hydrogens (primary N) is 1. The number of rotatable bonds is 1. The van der Waals surface area contributed by atoms with Gasteiger partial charge in [0.15, 0.2) is 0 Å². The zero-order valence-corrected chi connectivity index (χ0v) is 10.7. The molecule has 1 fully saturated rings. The smallest absolute Gasteiger partial charge is 0.227 e. The van der Waals surface area contributed by atoms with Crippen molar-refractivity contribution >= 4 is 11.8 Å². The standard InChI is InChI=1S/C12H19N5O/c1-16-3-5-17(6-4-16)12-14-10-2-7-18-8-9(10)11(13)15-12/h2-8H2,1H3,(H2,13,14,15). The van der Waals surface area contributed by atoms with E-state index >= 15 is 0 Å². The molecular formula is C12H19N5O. The van der Waals surface area contributed by atoms with Gasteiger partial charge in [-0.15, -0.1) is 0 Å². The van der Waals surface area contributed by atoms with Gasteiger partial charge in [-0.25, -0.2) is 4.98 Å². The maximum Gasteiger partial charge on any atom is 0.227 e. The fraction of sp³-hybridized carbons (Fsp3) is 0.667. The topological polar surface area (TPSA) is 67.5 Å². The second-order valence-electron chi connectivity index (χ2n) is 4.93. The van der Waals surface area contributed by atoms with Crippen LogP contribution in [0.2, 0.25) is 0 Å². The lowest BCUT2D eigenvalue weighted by Gasteiger charge is -2.33. The molecule has 0 atom stereocenters. The highest BCUT2D eigenvalue weighted by molar-refractivity contribution is 5.48. The highest BCUT2D eigenvalue weighted by Crippen LogP contribution is 2.23. The summed E-state index contributed by atoms with van der Waals surface area (Å²) in [6.07, 6.45) is 0.836. The molecule has 0 amide bonds. The molecule has 18 heavy (non-hydrogen) atoms. The third kappa shape index (κ3) is 2.13. The number of likely N-dealkylation sites (N-methyl/N-ethyl adjacent to an activating group) is 1. The summed E-state index contributed by atoms with van der Waals surface area (Å²) in [6, 6.07) is 0. The van der Waals surface area contributed by atoms with Gasteiger partial charge in [0.1, 0.15) is 5.82 Å². The second kappa shape index (κ2) is 4.70. The molecule has 2 aliphatic heterocycles. The summed E-state index contributed by atoms with van der Waals surface area (Å²) in [6.45, 7) is 5.29. The predicted octanol–water partition coefficient (Wildman–Crippen LogP) is -0.117. The van der Waals surface area contributed by atoms with E-state index in [0.717, 1.165) is 56.4 Å². The van der Waals surface area contributed by atoms with Crippen molar-refractivity contribution in [3.63, 3.8) is 0 Å². The summed E-state index contributed by atoms with van der Waals surface area (Å²) in [4.78, 5) is 13.6. The van der Waals surface area contributed by atoms with Crippen LogP contribution >= 0.6 is 0 Å². The van der Waals surface area contributed by atoms with Gasteiger partial charge in [-0.3, -0.25) is 0 Å². The molecule has 1 saturated heterocycles. The summed E-state index contributed by atoms with van der Waals surface area (Å²) in [5.41, 5.74) is 8.04. The molecule has 2 N–H and O–H groups in total. The number of hydrogen-bond acceptors (Lipinski definition) is 6. The van der Waals surface area contributed by atoms with Crippen LogP contribution in [-0.2, 0) is 17.8 Å². The zero-order chi connectivity index (χ0) is 12.5. The van der Waals surface area contributed by atoms with E-state index in [2.05, 4.69) is 26.8 Å². The lowest BCUT2D eigenvalue weighted by Crippen LogP contribution is -2.45. The van der Waals surface area contributed by atoms with Gasteiger partial charge in [-0.05, 0) is 7.05 Å². The Morgan fingerprint density at radius 2 is 1.94 bits per heavy atom. The molecule has 0 aromatic carbocycles. The summed E-state index contributed by atoms with van der Waals surface area (Å²) < 4.78 is 5.40. The average Bonchev–Trinajstić information content (AvgIpc) is 2.39. The minimum atomic E-state index is 0.546. The molecule has 3 heterocycles. The van der Waals surface area contributed by atoms with Gasteiger partial charge in [0.25, 0.3) is 0 Å². The Labute approximate surface area is 107 Å². The van der Waals surface area contributed by atoms with Crippen molar-refractivity contribution in [1.82, 2.24) is 14.9 Å². The van der Waals surface area contributed by atoms with E-state index in [1.54, 1.807) is 0 Å².